The van der Waals surface area contributed by atoms with Crippen LogP contribution >= 0.6 is 0 Å². The van der Waals surface area contributed by atoms with E-state index in [1.807, 2.05) is 19.9 Å². The van der Waals surface area contributed by atoms with Gasteiger partial charge in [0.1, 0.15) is 11.2 Å². The summed E-state index contributed by atoms with van der Waals surface area (Å²) in [5.41, 5.74) is 9.84. The maximum atomic E-state index is 6.39. The van der Waals surface area contributed by atoms with E-state index in [4.69, 9.17) is 4.42 Å². The van der Waals surface area contributed by atoms with Crippen LogP contribution in [0.5, 0.6) is 0 Å². The van der Waals surface area contributed by atoms with Crippen LogP contribution in [0.15, 0.2) is 77.2 Å². The van der Waals surface area contributed by atoms with Crippen molar-refractivity contribution in [3.05, 3.63) is 83.9 Å². The van der Waals surface area contributed by atoms with Gasteiger partial charge in [-0.2, -0.15) is 0 Å². The third kappa shape index (κ3) is 3.16. The predicted octanol–water partition coefficient (Wildman–Crippen LogP) is 9.75. The van der Waals surface area contributed by atoms with E-state index in [2.05, 4.69) is 99.1 Å². The van der Waals surface area contributed by atoms with Crippen molar-refractivity contribution < 1.29 is 4.42 Å². The molecule has 2 nitrogen and oxygen atoms in total. The van der Waals surface area contributed by atoms with Gasteiger partial charge in [-0.25, -0.2) is 0 Å². The zero-order chi connectivity index (χ0) is 24.0. The number of para-hydroxylation sites is 1. The lowest BCUT2D eigenvalue weighted by molar-refractivity contribution is 0.673. The molecule has 6 rings (SSSR count). The topological polar surface area (TPSA) is 18.1 Å². The number of aromatic nitrogens is 1. The van der Waals surface area contributed by atoms with Crippen LogP contribution in [0, 0.1) is 6.92 Å². The lowest BCUT2D eigenvalue weighted by atomic mass is 9.88. The minimum Gasteiger partial charge on any atom is -0.455 e. The van der Waals surface area contributed by atoms with Gasteiger partial charge in [0.2, 0.25) is 0 Å². The quantitative estimate of drug-likeness (QED) is 0.264. The van der Waals surface area contributed by atoms with Gasteiger partial charge >= 0.3 is 0 Å². The molecule has 34 heavy (non-hydrogen) atoms. The first-order valence-electron chi connectivity index (χ1n) is 12.5. The highest BCUT2D eigenvalue weighted by atomic mass is 16.3. The number of hydrogen-bond acceptors (Lipinski definition) is 1. The molecule has 0 aliphatic rings. The van der Waals surface area contributed by atoms with Gasteiger partial charge in [0.05, 0.1) is 16.4 Å². The maximum Gasteiger partial charge on any atom is 0.145 e. The lowest BCUT2D eigenvalue weighted by Gasteiger charge is -2.17. The van der Waals surface area contributed by atoms with Gasteiger partial charge in [0.25, 0.3) is 0 Å². The molecule has 0 bridgehead atoms. The summed E-state index contributed by atoms with van der Waals surface area (Å²) in [6, 6.07) is 26.2. The van der Waals surface area contributed by atoms with E-state index >= 15 is 0 Å². The molecule has 1 unspecified atom stereocenters. The Hall–Kier alpha value is -3.52. The molecule has 6 aromatic rings. The highest BCUT2D eigenvalue weighted by molar-refractivity contribution is 6.24. The summed E-state index contributed by atoms with van der Waals surface area (Å²) in [7, 11) is 2.18. The first-order valence-corrected chi connectivity index (χ1v) is 12.5. The summed E-state index contributed by atoms with van der Waals surface area (Å²) in [5, 5.41) is 4.83. The third-order valence-corrected chi connectivity index (χ3v) is 7.32. The van der Waals surface area contributed by atoms with Crippen LogP contribution in [0.4, 0.5) is 0 Å². The van der Waals surface area contributed by atoms with Gasteiger partial charge < -0.3 is 8.98 Å². The van der Waals surface area contributed by atoms with E-state index in [9.17, 15) is 0 Å². The first-order chi connectivity index (χ1) is 16.6. The summed E-state index contributed by atoms with van der Waals surface area (Å²) in [5.74, 6) is 0.531. The Morgan fingerprint density at radius 1 is 0.794 bits per heavy atom. The molecule has 2 heterocycles. The molecule has 172 valence electrons. The zero-order valence-electron chi connectivity index (χ0n) is 21.1. The minimum atomic E-state index is 0.531. The van der Waals surface area contributed by atoms with Crippen LogP contribution in [-0.4, -0.2) is 4.57 Å². The first kappa shape index (κ1) is 22.3. The average molecular weight is 448 g/mol. The van der Waals surface area contributed by atoms with Crippen molar-refractivity contribution in [3.63, 3.8) is 0 Å². The second-order valence-electron chi connectivity index (χ2n) is 9.02. The van der Waals surface area contributed by atoms with E-state index in [1.165, 1.54) is 54.8 Å². The highest BCUT2D eigenvalue weighted by Crippen LogP contribution is 2.42. The molecular formula is C32H33NO. The van der Waals surface area contributed by atoms with Gasteiger partial charge in [-0.05, 0) is 59.7 Å². The largest absolute Gasteiger partial charge is 0.455 e. The summed E-state index contributed by atoms with van der Waals surface area (Å²) in [6.07, 6.45) is 1.14. The van der Waals surface area contributed by atoms with Gasteiger partial charge in [0, 0.05) is 23.2 Å². The average Bonchev–Trinajstić information content (AvgIpc) is 3.41. The van der Waals surface area contributed by atoms with Crippen molar-refractivity contribution in [3.8, 4) is 11.1 Å². The molecule has 0 aliphatic carbocycles. The van der Waals surface area contributed by atoms with E-state index in [0.717, 1.165) is 17.6 Å². The molecule has 0 aliphatic heterocycles. The third-order valence-electron chi connectivity index (χ3n) is 7.32. The molecule has 0 saturated carbocycles. The molecule has 0 fully saturated rings. The number of hydrogen-bond donors (Lipinski definition) is 0. The molecule has 0 N–H and O–H groups in total. The molecule has 0 saturated heterocycles. The number of rotatable bonds is 3. The van der Waals surface area contributed by atoms with Crippen LogP contribution in [0.25, 0.3) is 54.9 Å². The number of nitrogens with zero attached hydrogens (tertiary/aromatic N) is 1. The predicted molar refractivity (Wildman–Crippen MR) is 148 cm³/mol. The summed E-state index contributed by atoms with van der Waals surface area (Å²) < 4.78 is 8.73. The smallest absolute Gasteiger partial charge is 0.145 e. The number of fused-ring (bicyclic) bond motifs is 7. The molecule has 0 spiro atoms. The number of aryl methyl sites for hydroxylation is 2. The van der Waals surface area contributed by atoms with E-state index in [-0.39, 0.29) is 0 Å². The van der Waals surface area contributed by atoms with Crippen LogP contribution < -0.4 is 0 Å². The highest BCUT2D eigenvalue weighted by Gasteiger charge is 2.20. The number of furan rings is 1. The van der Waals surface area contributed by atoms with Crippen LogP contribution in [0.3, 0.4) is 0 Å². The van der Waals surface area contributed by atoms with Crippen LogP contribution in [-0.2, 0) is 7.05 Å². The maximum absolute atomic E-state index is 6.39. The summed E-state index contributed by atoms with van der Waals surface area (Å²) in [6.45, 7) is 10.8. The lowest BCUT2D eigenvalue weighted by Crippen LogP contribution is -1.97. The zero-order valence-corrected chi connectivity index (χ0v) is 21.1. The molecule has 2 heteroatoms. The van der Waals surface area contributed by atoms with E-state index in [1.54, 1.807) is 0 Å². The van der Waals surface area contributed by atoms with Gasteiger partial charge in [-0.15, -0.1) is 0 Å². The second kappa shape index (κ2) is 8.68. The molecule has 4 aromatic carbocycles. The fourth-order valence-corrected chi connectivity index (χ4v) is 5.46. The van der Waals surface area contributed by atoms with Crippen molar-refractivity contribution in [1.29, 1.82) is 0 Å². The Bertz CT molecular complexity index is 1650. The monoisotopic (exact) mass is 447 g/mol. The van der Waals surface area contributed by atoms with E-state index < -0.39 is 0 Å². The van der Waals surface area contributed by atoms with Gasteiger partial charge in [-0.1, -0.05) is 82.3 Å². The molecule has 1 atom stereocenters. The van der Waals surface area contributed by atoms with Crippen molar-refractivity contribution in [2.45, 2.75) is 47.0 Å². The van der Waals surface area contributed by atoms with Gasteiger partial charge in [-0.3, -0.25) is 0 Å². The Morgan fingerprint density at radius 2 is 1.50 bits per heavy atom. The van der Waals surface area contributed by atoms with Crippen LogP contribution in [0.2, 0.25) is 0 Å². The normalized spacial score (nSPS) is 12.4. The number of benzene rings is 4. The Morgan fingerprint density at radius 3 is 2.29 bits per heavy atom. The Labute approximate surface area is 201 Å². The van der Waals surface area contributed by atoms with Crippen molar-refractivity contribution >= 4 is 43.7 Å². The van der Waals surface area contributed by atoms with Gasteiger partial charge in [0.15, 0.2) is 0 Å². The summed E-state index contributed by atoms with van der Waals surface area (Å²) in [4.78, 5) is 0. The van der Waals surface area contributed by atoms with E-state index in [0.29, 0.717) is 5.92 Å². The molecular weight excluding hydrogens is 414 g/mol. The minimum absolute atomic E-state index is 0.531. The fraction of sp³-hybridized carbons (Fsp3) is 0.250. The fourth-order valence-electron chi connectivity index (χ4n) is 5.46. The standard InChI is InChI=1S/C30H27NO.C2H6/c1-5-18(2)20-10-6-7-11-22(20)21-14-15-25-28-26(31(4)29(25)19(21)3)17-16-24-23-12-8-9-13-27(23)32-30(24)28;1-2/h6-18H,5H2,1-4H3;1-2H3. The molecule has 2 aromatic heterocycles. The summed E-state index contributed by atoms with van der Waals surface area (Å²) >= 11 is 0. The van der Waals surface area contributed by atoms with Crippen molar-refractivity contribution in [1.82, 2.24) is 4.57 Å². The second-order valence-corrected chi connectivity index (χ2v) is 9.02. The van der Waals surface area contributed by atoms with Crippen LogP contribution in [0.1, 0.15) is 51.2 Å². The Kier molecular flexibility index (Phi) is 5.69. The van der Waals surface area contributed by atoms with Crippen molar-refractivity contribution in [2.24, 2.45) is 7.05 Å². The van der Waals surface area contributed by atoms with Crippen molar-refractivity contribution in [2.75, 3.05) is 0 Å². The SMILES string of the molecule is CC.CCC(C)c1ccccc1-c1ccc2c3c4oc5ccccc5c4ccc3n(C)c2c1C. The Balaban J connectivity index is 0.00000117. The molecule has 0 radical (unpaired) electrons. The molecule has 0 amide bonds.